The first kappa shape index (κ1) is 18.9. The SMILES string of the molecule is C=C(NNC(=O)CNc1ccc(OC)cc1)c1cccc(NC(C)=O)c1. The lowest BCUT2D eigenvalue weighted by atomic mass is 10.1. The van der Waals surface area contributed by atoms with Crippen LogP contribution in [0.5, 0.6) is 5.75 Å². The normalized spacial score (nSPS) is 9.77. The summed E-state index contributed by atoms with van der Waals surface area (Å²) in [6, 6.07) is 14.4. The molecule has 7 nitrogen and oxygen atoms in total. The van der Waals surface area contributed by atoms with Crippen molar-refractivity contribution < 1.29 is 14.3 Å². The van der Waals surface area contributed by atoms with Gasteiger partial charge in [-0.2, -0.15) is 0 Å². The molecule has 0 saturated carbocycles. The number of anilines is 2. The number of carbonyl (C=O) groups excluding carboxylic acids is 2. The topological polar surface area (TPSA) is 91.5 Å². The Hall–Kier alpha value is -3.48. The Morgan fingerprint density at radius 3 is 2.42 bits per heavy atom. The van der Waals surface area contributed by atoms with Gasteiger partial charge in [-0.3, -0.25) is 20.4 Å². The smallest absolute Gasteiger partial charge is 0.257 e. The van der Waals surface area contributed by atoms with Gasteiger partial charge in [0.05, 0.1) is 19.4 Å². The van der Waals surface area contributed by atoms with Gasteiger partial charge in [-0.25, -0.2) is 0 Å². The van der Waals surface area contributed by atoms with Crippen LogP contribution in [0.25, 0.3) is 5.70 Å². The molecule has 0 saturated heterocycles. The number of rotatable bonds is 8. The lowest BCUT2D eigenvalue weighted by molar-refractivity contribution is -0.120. The van der Waals surface area contributed by atoms with E-state index in [4.69, 9.17) is 4.74 Å². The van der Waals surface area contributed by atoms with Crippen LogP contribution in [0, 0.1) is 0 Å². The van der Waals surface area contributed by atoms with Crippen molar-refractivity contribution >= 4 is 28.9 Å². The molecule has 0 aliphatic rings. The molecule has 136 valence electrons. The van der Waals surface area contributed by atoms with Gasteiger partial charge in [-0.05, 0) is 36.4 Å². The fourth-order valence-electron chi connectivity index (χ4n) is 2.14. The average Bonchev–Trinajstić information content (AvgIpc) is 2.64. The predicted molar refractivity (Wildman–Crippen MR) is 103 cm³/mol. The van der Waals surface area contributed by atoms with Crippen LogP contribution in [0.15, 0.2) is 55.1 Å². The highest BCUT2D eigenvalue weighted by Crippen LogP contribution is 2.16. The summed E-state index contributed by atoms with van der Waals surface area (Å²) in [7, 11) is 1.60. The number of ether oxygens (including phenoxy) is 1. The summed E-state index contributed by atoms with van der Waals surface area (Å²) in [6.07, 6.45) is 0. The monoisotopic (exact) mass is 354 g/mol. The van der Waals surface area contributed by atoms with E-state index in [1.807, 2.05) is 30.3 Å². The van der Waals surface area contributed by atoms with Crippen LogP contribution in [0.2, 0.25) is 0 Å². The number of hydrogen-bond donors (Lipinski definition) is 4. The Labute approximate surface area is 152 Å². The van der Waals surface area contributed by atoms with Crippen molar-refractivity contribution in [2.45, 2.75) is 6.92 Å². The maximum Gasteiger partial charge on any atom is 0.257 e. The maximum atomic E-state index is 11.9. The van der Waals surface area contributed by atoms with Crippen molar-refractivity contribution in [2.75, 3.05) is 24.3 Å². The Bertz CT molecular complexity index is 788. The Morgan fingerprint density at radius 2 is 1.77 bits per heavy atom. The fourth-order valence-corrected chi connectivity index (χ4v) is 2.14. The summed E-state index contributed by atoms with van der Waals surface area (Å²) in [5.41, 5.74) is 8.06. The molecule has 4 N–H and O–H groups in total. The molecule has 0 atom stereocenters. The van der Waals surface area contributed by atoms with E-state index >= 15 is 0 Å². The van der Waals surface area contributed by atoms with Gasteiger partial charge < -0.3 is 15.4 Å². The number of methoxy groups -OCH3 is 1. The van der Waals surface area contributed by atoms with Crippen LogP contribution in [0.4, 0.5) is 11.4 Å². The lowest BCUT2D eigenvalue weighted by Crippen LogP contribution is -2.39. The maximum absolute atomic E-state index is 11.9. The number of amides is 2. The predicted octanol–water partition coefficient (Wildman–Crippen LogP) is 2.36. The lowest BCUT2D eigenvalue weighted by Gasteiger charge is -2.13. The van der Waals surface area contributed by atoms with Crippen LogP contribution >= 0.6 is 0 Å². The van der Waals surface area contributed by atoms with E-state index in [-0.39, 0.29) is 18.4 Å². The molecular weight excluding hydrogens is 332 g/mol. The van der Waals surface area contributed by atoms with E-state index in [1.165, 1.54) is 6.92 Å². The Morgan fingerprint density at radius 1 is 1.04 bits per heavy atom. The molecule has 2 aromatic rings. The summed E-state index contributed by atoms with van der Waals surface area (Å²) < 4.78 is 5.08. The van der Waals surface area contributed by atoms with E-state index in [1.54, 1.807) is 25.3 Å². The van der Waals surface area contributed by atoms with Crippen molar-refractivity contribution in [3.63, 3.8) is 0 Å². The van der Waals surface area contributed by atoms with Gasteiger partial charge in [0.15, 0.2) is 0 Å². The minimum absolute atomic E-state index is 0.0958. The Balaban J connectivity index is 1.80. The van der Waals surface area contributed by atoms with E-state index in [9.17, 15) is 9.59 Å². The molecule has 0 aliphatic carbocycles. The van der Waals surface area contributed by atoms with Crippen molar-refractivity contribution in [3.05, 3.63) is 60.7 Å². The van der Waals surface area contributed by atoms with Gasteiger partial charge in [-0.15, -0.1) is 0 Å². The van der Waals surface area contributed by atoms with E-state index in [0.717, 1.165) is 17.0 Å². The quantitative estimate of drug-likeness (QED) is 0.546. The van der Waals surface area contributed by atoms with E-state index in [2.05, 4.69) is 28.1 Å². The number of nitrogens with one attached hydrogen (secondary N) is 4. The van der Waals surface area contributed by atoms with Gasteiger partial charge in [-0.1, -0.05) is 18.7 Å². The molecule has 2 rings (SSSR count). The largest absolute Gasteiger partial charge is 0.497 e. The molecule has 0 spiro atoms. The van der Waals surface area contributed by atoms with Crippen LogP contribution in [0.3, 0.4) is 0 Å². The molecule has 0 radical (unpaired) electrons. The number of hydrazine groups is 1. The zero-order valence-corrected chi connectivity index (χ0v) is 14.8. The van der Waals surface area contributed by atoms with Gasteiger partial charge >= 0.3 is 0 Å². The third kappa shape index (κ3) is 5.86. The number of benzene rings is 2. The zero-order chi connectivity index (χ0) is 18.9. The highest BCUT2D eigenvalue weighted by Gasteiger charge is 2.04. The third-order valence-electron chi connectivity index (χ3n) is 3.43. The van der Waals surface area contributed by atoms with Crippen molar-refractivity contribution in [2.24, 2.45) is 0 Å². The fraction of sp³-hybridized carbons (Fsp3) is 0.158. The summed E-state index contributed by atoms with van der Waals surface area (Å²) >= 11 is 0. The van der Waals surface area contributed by atoms with Crippen molar-refractivity contribution in [1.82, 2.24) is 10.9 Å². The molecule has 7 heteroatoms. The summed E-state index contributed by atoms with van der Waals surface area (Å²) in [6.45, 7) is 5.42. The van der Waals surface area contributed by atoms with E-state index < -0.39 is 0 Å². The summed E-state index contributed by atoms with van der Waals surface area (Å²) in [4.78, 5) is 23.0. The number of carbonyl (C=O) groups is 2. The average molecular weight is 354 g/mol. The van der Waals surface area contributed by atoms with Gasteiger partial charge in [0.1, 0.15) is 5.75 Å². The van der Waals surface area contributed by atoms with Crippen molar-refractivity contribution in [3.8, 4) is 5.75 Å². The zero-order valence-electron chi connectivity index (χ0n) is 14.8. The van der Waals surface area contributed by atoms with Gasteiger partial charge in [0.2, 0.25) is 5.91 Å². The van der Waals surface area contributed by atoms with Gasteiger partial charge in [0.25, 0.3) is 5.91 Å². The standard InChI is InChI=1S/C19H22N4O3/c1-13(15-5-4-6-17(11-15)21-14(2)24)22-23-19(25)12-20-16-7-9-18(26-3)10-8-16/h4-11,20,22H,1,12H2,2-3H3,(H,21,24)(H,23,25). The van der Waals surface area contributed by atoms with Crippen LogP contribution in [-0.4, -0.2) is 25.5 Å². The molecule has 0 aliphatic heterocycles. The molecule has 0 aromatic heterocycles. The molecule has 0 fully saturated rings. The minimum atomic E-state index is -0.250. The first-order chi connectivity index (χ1) is 12.5. The summed E-state index contributed by atoms with van der Waals surface area (Å²) in [5, 5.41) is 5.70. The minimum Gasteiger partial charge on any atom is -0.497 e. The highest BCUT2D eigenvalue weighted by atomic mass is 16.5. The first-order valence-electron chi connectivity index (χ1n) is 7.97. The number of hydrogen-bond acceptors (Lipinski definition) is 5. The molecule has 2 amide bonds. The highest BCUT2D eigenvalue weighted by molar-refractivity contribution is 5.89. The molecule has 0 heterocycles. The van der Waals surface area contributed by atoms with Crippen LogP contribution in [0.1, 0.15) is 12.5 Å². The van der Waals surface area contributed by atoms with E-state index in [0.29, 0.717) is 11.4 Å². The molecule has 0 bridgehead atoms. The van der Waals surface area contributed by atoms with Crippen LogP contribution < -0.4 is 26.2 Å². The Kier molecular flexibility index (Phi) is 6.61. The third-order valence-corrected chi connectivity index (χ3v) is 3.43. The van der Waals surface area contributed by atoms with Crippen molar-refractivity contribution in [1.29, 1.82) is 0 Å². The first-order valence-corrected chi connectivity index (χ1v) is 7.97. The summed E-state index contributed by atoms with van der Waals surface area (Å²) in [5.74, 6) is 0.345. The second-order valence-electron chi connectivity index (χ2n) is 5.50. The molecule has 2 aromatic carbocycles. The molecule has 26 heavy (non-hydrogen) atoms. The second-order valence-corrected chi connectivity index (χ2v) is 5.50. The van der Waals surface area contributed by atoms with Crippen LogP contribution in [-0.2, 0) is 9.59 Å². The van der Waals surface area contributed by atoms with Gasteiger partial charge in [0, 0.05) is 23.9 Å². The second kappa shape index (κ2) is 9.12. The molecular formula is C19H22N4O3. The molecule has 0 unspecified atom stereocenters.